The van der Waals surface area contributed by atoms with Gasteiger partial charge in [0.05, 0.1) is 11.0 Å². The lowest BCUT2D eigenvalue weighted by atomic mass is 10.2. The third-order valence-corrected chi connectivity index (χ3v) is 5.66. The zero-order valence-corrected chi connectivity index (χ0v) is 13.0. The van der Waals surface area contributed by atoms with Gasteiger partial charge in [0.15, 0.2) is 5.16 Å². The van der Waals surface area contributed by atoms with Crippen molar-refractivity contribution in [3.05, 3.63) is 44.6 Å². The number of aryl methyl sites for hydroxylation is 1. The molecule has 18 heavy (non-hydrogen) atoms. The van der Waals surface area contributed by atoms with Gasteiger partial charge in [0.1, 0.15) is 0 Å². The normalized spacial score (nSPS) is 11.2. The molecule has 3 rings (SSSR count). The minimum atomic E-state index is 0.942. The Labute approximate surface area is 122 Å². The van der Waals surface area contributed by atoms with E-state index in [1.54, 1.807) is 23.1 Å². The van der Waals surface area contributed by atoms with E-state index in [2.05, 4.69) is 62.5 Å². The minimum Gasteiger partial charge on any atom is -0.333 e. The first kappa shape index (κ1) is 12.3. The topological polar surface area (TPSA) is 28.7 Å². The molecule has 92 valence electrons. The van der Waals surface area contributed by atoms with E-state index < -0.39 is 0 Å². The lowest BCUT2D eigenvalue weighted by Gasteiger charge is -1.95. The van der Waals surface area contributed by atoms with E-state index in [-0.39, 0.29) is 0 Å². The Bertz CT molecular complexity index is 687. The average molecular weight is 339 g/mol. The van der Waals surface area contributed by atoms with Crippen LogP contribution in [0.15, 0.2) is 39.3 Å². The number of halogens is 1. The number of benzene rings is 1. The molecule has 5 heteroatoms. The molecule has 2 aromatic heterocycles. The van der Waals surface area contributed by atoms with Gasteiger partial charge in [0.25, 0.3) is 0 Å². The molecule has 0 unspecified atom stereocenters. The van der Waals surface area contributed by atoms with E-state index in [0.717, 1.165) is 21.9 Å². The van der Waals surface area contributed by atoms with Crippen molar-refractivity contribution in [2.75, 3.05) is 0 Å². The summed E-state index contributed by atoms with van der Waals surface area (Å²) in [7, 11) is 0. The summed E-state index contributed by atoms with van der Waals surface area (Å²) in [5.41, 5.74) is 3.40. The molecule has 3 aromatic rings. The first-order valence-electron chi connectivity index (χ1n) is 5.53. The predicted molar refractivity (Wildman–Crippen MR) is 82.4 cm³/mol. The first-order valence-corrected chi connectivity index (χ1v) is 8.19. The lowest BCUT2D eigenvalue weighted by molar-refractivity contribution is 1.08. The summed E-state index contributed by atoms with van der Waals surface area (Å²) < 4.78 is 1.19. The molecule has 0 fully saturated rings. The van der Waals surface area contributed by atoms with Gasteiger partial charge in [-0.05, 0) is 52.0 Å². The van der Waals surface area contributed by atoms with Crippen molar-refractivity contribution in [2.24, 2.45) is 0 Å². The van der Waals surface area contributed by atoms with E-state index in [1.165, 1.54) is 14.9 Å². The van der Waals surface area contributed by atoms with Crippen LogP contribution in [-0.4, -0.2) is 9.97 Å². The van der Waals surface area contributed by atoms with Crippen molar-refractivity contribution < 1.29 is 0 Å². The van der Waals surface area contributed by atoms with Crippen molar-refractivity contribution in [3.63, 3.8) is 0 Å². The molecule has 2 nitrogen and oxygen atoms in total. The number of thiophene rings is 1. The number of imidazole rings is 1. The highest BCUT2D eigenvalue weighted by Crippen LogP contribution is 2.30. The summed E-state index contributed by atoms with van der Waals surface area (Å²) in [6, 6.07) is 8.37. The highest BCUT2D eigenvalue weighted by molar-refractivity contribution is 9.10. The molecule has 1 N–H and O–H groups in total. The van der Waals surface area contributed by atoms with Gasteiger partial charge in [-0.25, -0.2) is 4.98 Å². The minimum absolute atomic E-state index is 0.942. The standard InChI is InChI=1S/C13H11BrN2S2/c1-8-2-3-10-11(6-8)16-13(15-10)18-7-12-9(14)4-5-17-12/h2-6H,7H2,1H3,(H,15,16). The van der Waals surface area contributed by atoms with Crippen molar-refractivity contribution in [3.8, 4) is 0 Å². The first-order chi connectivity index (χ1) is 8.72. The number of nitrogens with zero attached hydrogens (tertiary/aromatic N) is 1. The molecular weight excluding hydrogens is 328 g/mol. The van der Waals surface area contributed by atoms with E-state index in [0.29, 0.717) is 0 Å². The van der Waals surface area contributed by atoms with Crippen LogP contribution in [0.2, 0.25) is 0 Å². The van der Waals surface area contributed by atoms with Crippen molar-refractivity contribution >= 4 is 50.1 Å². The highest BCUT2D eigenvalue weighted by Gasteiger charge is 2.06. The molecule has 0 bridgehead atoms. The summed E-state index contributed by atoms with van der Waals surface area (Å²) >= 11 is 7.06. The fourth-order valence-electron chi connectivity index (χ4n) is 1.73. The second kappa shape index (κ2) is 5.07. The molecule has 0 saturated heterocycles. The maximum atomic E-state index is 4.58. The molecule has 2 heterocycles. The molecule has 0 saturated carbocycles. The second-order valence-electron chi connectivity index (χ2n) is 4.04. The Morgan fingerprint density at radius 2 is 2.28 bits per heavy atom. The zero-order chi connectivity index (χ0) is 12.5. The van der Waals surface area contributed by atoms with Crippen LogP contribution in [0.3, 0.4) is 0 Å². The van der Waals surface area contributed by atoms with Crippen molar-refractivity contribution in [1.29, 1.82) is 0 Å². The van der Waals surface area contributed by atoms with Gasteiger partial charge in [0.2, 0.25) is 0 Å². The van der Waals surface area contributed by atoms with Gasteiger partial charge in [-0.1, -0.05) is 17.8 Å². The van der Waals surface area contributed by atoms with Gasteiger partial charge in [-0.15, -0.1) is 11.3 Å². The van der Waals surface area contributed by atoms with Crippen LogP contribution in [0, 0.1) is 6.92 Å². The number of nitrogens with one attached hydrogen (secondary N) is 1. The van der Waals surface area contributed by atoms with E-state index in [1.807, 2.05) is 0 Å². The van der Waals surface area contributed by atoms with Crippen LogP contribution in [0.1, 0.15) is 10.4 Å². The van der Waals surface area contributed by atoms with Crippen LogP contribution in [-0.2, 0) is 5.75 Å². The van der Waals surface area contributed by atoms with E-state index in [4.69, 9.17) is 0 Å². The highest BCUT2D eigenvalue weighted by atomic mass is 79.9. The molecule has 0 atom stereocenters. The van der Waals surface area contributed by atoms with Crippen LogP contribution in [0.4, 0.5) is 0 Å². The van der Waals surface area contributed by atoms with E-state index in [9.17, 15) is 0 Å². The molecule has 0 aliphatic carbocycles. The van der Waals surface area contributed by atoms with Crippen molar-refractivity contribution in [2.45, 2.75) is 17.8 Å². The molecule has 0 amide bonds. The zero-order valence-electron chi connectivity index (χ0n) is 9.74. The van der Waals surface area contributed by atoms with Crippen LogP contribution >= 0.6 is 39.0 Å². The average Bonchev–Trinajstić information content (AvgIpc) is 2.92. The Kier molecular flexibility index (Phi) is 3.46. The van der Waals surface area contributed by atoms with Crippen LogP contribution in [0.5, 0.6) is 0 Å². The molecule has 0 radical (unpaired) electrons. The van der Waals surface area contributed by atoms with E-state index >= 15 is 0 Å². The smallest absolute Gasteiger partial charge is 0.166 e. The SMILES string of the molecule is Cc1ccc2nc(SCc3sccc3Br)[nH]c2c1. The van der Waals surface area contributed by atoms with Gasteiger partial charge >= 0.3 is 0 Å². The van der Waals surface area contributed by atoms with Gasteiger partial charge in [-0.3, -0.25) is 0 Å². The van der Waals surface area contributed by atoms with Crippen molar-refractivity contribution in [1.82, 2.24) is 9.97 Å². The Morgan fingerprint density at radius 3 is 3.06 bits per heavy atom. The Balaban J connectivity index is 1.81. The maximum Gasteiger partial charge on any atom is 0.166 e. The van der Waals surface area contributed by atoms with Gasteiger partial charge in [-0.2, -0.15) is 0 Å². The van der Waals surface area contributed by atoms with Crippen LogP contribution in [0.25, 0.3) is 11.0 Å². The number of hydrogen-bond acceptors (Lipinski definition) is 3. The summed E-state index contributed by atoms with van der Waals surface area (Å²) in [5, 5.41) is 3.08. The number of thioether (sulfide) groups is 1. The largest absolute Gasteiger partial charge is 0.333 e. The van der Waals surface area contributed by atoms with Crippen LogP contribution < -0.4 is 0 Å². The van der Waals surface area contributed by atoms with Gasteiger partial charge < -0.3 is 4.98 Å². The molecule has 0 aliphatic heterocycles. The predicted octanol–water partition coefficient (Wildman–Crippen LogP) is 4.99. The number of aromatic nitrogens is 2. The second-order valence-corrected chi connectivity index (χ2v) is 6.86. The molecular formula is C13H11BrN2S2. The maximum absolute atomic E-state index is 4.58. The number of rotatable bonds is 3. The fourth-order valence-corrected chi connectivity index (χ4v) is 4.41. The Hall–Kier alpha value is -0.780. The number of H-pyrrole nitrogens is 1. The molecule has 0 spiro atoms. The summed E-state index contributed by atoms with van der Waals surface area (Å²) in [5.74, 6) is 0.942. The number of hydrogen-bond donors (Lipinski definition) is 1. The Morgan fingerprint density at radius 1 is 1.39 bits per heavy atom. The molecule has 1 aromatic carbocycles. The third kappa shape index (κ3) is 2.48. The third-order valence-electron chi connectivity index (χ3n) is 2.65. The molecule has 0 aliphatic rings. The number of aromatic amines is 1. The summed E-state index contributed by atoms with van der Waals surface area (Å²) in [6.07, 6.45) is 0. The summed E-state index contributed by atoms with van der Waals surface area (Å²) in [6.45, 7) is 2.09. The van der Waals surface area contributed by atoms with Gasteiger partial charge in [0, 0.05) is 15.1 Å². The summed E-state index contributed by atoms with van der Waals surface area (Å²) in [4.78, 5) is 9.28. The lowest BCUT2D eigenvalue weighted by Crippen LogP contribution is -1.77. The quantitative estimate of drug-likeness (QED) is 0.681. The fraction of sp³-hybridized carbons (Fsp3) is 0.154. The monoisotopic (exact) mass is 338 g/mol. The number of fused-ring (bicyclic) bond motifs is 1.